The minimum atomic E-state index is 0.447. The molecule has 28 heavy (non-hydrogen) atoms. The van der Waals surface area contributed by atoms with E-state index in [1.165, 1.54) is 0 Å². The lowest BCUT2D eigenvalue weighted by Gasteiger charge is -2.15. The first kappa shape index (κ1) is 19.0. The normalized spacial score (nSPS) is 11.0. The first-order valence-electron chi connectivity index (χ1n) is 8.92. The highest BCUT2D eigenvalue weighted by Gasteiger charge is 2.15. The van der Waals surface area contributed by atoms with E-state index in [0.29, 0.717) is 24.7 Å². The highest BCUT2D eigenvalue weighted by molar-refractivity contribution is 9.10. The lowest BCUT2D eigenvalue weighted by Crippen LogP contribution is -2.01. The van der Waals surface area contributed by atoms with Gasteiger partial charge in [-0.1, -0.05) is 40.2 Å². The number of rotatable bonds is 6. The van der Waals surface area contributed by atoms with Crippen LogP contribution in [-0.2, 0) is 6.61 Å². The van der Waals surface area contributed by atoms with Gasteiger partial charge in [-0.2, -0.15) is 0 Å². The third-order valence-corrected chi connectivity index (χ3v) is 5.33. The first-order chi connectivity index (χ1) is 13.6. The van der Waals surface area contributed by atoms with Gasteiger partial charge >= 0.3 is 0 Å². The molecule has 0 saturated heterocycles. The average molecular weight is 502 g/mol. The van der Waals surface area contributed by atoms with Gasteiger partial charge in [-0.15, -0.1) is 0 Å². The Balaban J connectivity index is 1.67. The standard InChI is InChI=1S/C22H18Br2N2O2/c1-2-27-20-12-15(22-25-18-8-3-4-9-19(18)26-22)11-17(24)21(20)28-13-14-6-5-7-16(23)10-14/h3-12H,2,13H2,1H3,(H,25,26). The van der Waals surface area contributed by atoms with Crippen LogP contribution in [0.1, 0.15) is 12.5 Å². The molecule has 0 aliphatic rings. The summed E-state index contributed by atoms with van der Waals surface area (Å²) < 4.78 is 13.8. The molecular formula is C22H18Br2N2O2. The monoisotopic (exact) mass is 500 g/mol. The number of nitrogens with one attached hydrogen (secondary N) is 1. The molecule has 0 fully saturated rings. The topological polar surface area (TPSA) is 47.1 Å². The summed E-state index contributed by atoms with van der Waals surface area (Å²) in [5.41, 5.74) is 3.94. The van der Waals surface area contributed by atoms with Crippen molar-refractivity contribution in [3.63, 3.8) is 0 Å². The molecule has 0 radical (unpaired) electrons. The number of H-pyrrole nitrogens is 1. The van der Waals surface area contributed by atoms with Crippen molar-refractivity contribution < 1.29 is 9.47 Å². The Morgan fingerprint density at radius 2 is 1.82 bits per heavy atom. The van der Waals surface area contributed by atoms with Crippen molar-refractivity contribution >= 4 is 42.9 Å². The second-order valence-electron chi connectivity index (χ2n) is 6.24. The Kier molecular flexibility index (Phi) is 5.69. The van der Waals surface area contributed by atoms with Crippen LogP contribution in [0, 0.1) is 0 Å². The molecule has 4 rings (SSSR count). The third kappa shape index (κ3) is 4.08. The number of ether oxygens (including phenoxy) is 2. The number of imidazole rings is 1. The van der Waals surface area contributed by atoms with Crippen molar-refractivity contribution in [1.29, 1.82) is 0 Å². The average Bonchev–Trinajstić information content (AvgIpc) is 3.12. The second kappa shape index (κ2) is 8.37. The highest BCUT2D eigenvalue weighted by Crippen LogP contribution is 2.40. The van der Waals surface area contributed by atoms with Gasteiger partial charge < -0.3 is 14.5 Å². The van der Waals surface area contributed by atoms with Gasteiger partial charge in [0.2, 0.25) is 0 Å². The molecular weight excluding hydrogens is 484 g/mol. The summed E-state index contributed by atoms with van der Waals surface area (Å²) in [5.74, 6) is 2.16. The van der Waals surface area contributed by atoms with Gasteiger partial charge in [0.25, 0.3) is 0 Å². The van der Waals surface area contributed by atoms with Crippen LogP contribution < -0.4 is 9.47 Å². The van der Waals surface area contributed by atoms with Crippen LogP contribution >= 0.6 is 31.9 Å². The molecule has 1 N–H and O–H groups in total. The minimum absolute atomic E-state index is 0.447. The van der Waals surface area contributed by atoms with E-state index in [1.807, 2.05) is 67.6 Å². The van der Waals surface area contributed by atoms with Gasteiger partial charge in [0.15, 0.2) is 11.5 Å². The van der Waals surface area contributed by atoms with Crippen molar-refractivity contribution in [2.24, 2.45) is 0 Å². The highest BCUT2D eigenvalue weighted by atomic mass is 79.9. The number of aromatic nitrogens is 2. The molecule has 1 heterocycles. The summed E-state index contributed by atoms with van der Waals surface area (Å²) in [6.45, 7) is 2.95. The van der Waals surface area contributed by atoms with Crippen molar-refractivity contribution in [3.05, 3.63) is 75.2 Å². The number of fused-ring (bicyclic) bond motifs is 1. The molecule has 1 aromatic heterocycles. The molecule has 0 bridgehead atoms. The Hall–Kier alpha value is -2.31. The summed E-state index contributed by atoms with van der Waals surface area (Å²) >= 11 is 7.13. The maximum absolute atomic E-state index is 6.09. The molecule has 4 aromatic rings. The number of aromatic amines is 1. The van der Waals surface area contributed by atoms with Crippen molar-refractivity contribution in [2.75, 3.05) is 6.61 Å². The van der Waals surface area contributed by atoms with E-state index in [9.17, 15) is 0 Å². The molecule has 0 amide bonds. The Bertz CT molecular complexity index is 1090. The number of hydrogen-bond donors (Lipinski definition) is 1. The van der Waals surface area contributed by atoms with E-state index in [2.05, 4.69) is 41.8 Å². The quantitative estimate of drug-likeness (QED) is 0.318. The van der Waals surface area contributed by atoms with Crippen molar-refractivity contribution in [2.45, 2.75) is 13.5 Å². The molecule has 0 aliphatic carbocycles. The predicted octanol–water partition coefficient (Wildman–Crippen LogP) is 6.73. The van der Waals surface area contributed by atoms with Crippen LogP contribution in [0.15, 0.2) is 69.6 Å². The van der Waals surface area contributed by atoms with E-state index in [4.69, 9.17) is 9.47 Å². The Morgan fingerprint density at radius 1 is 0.964 bits per heavy atom. The zero-order chi connectivity index (χ0) is 19.5. The van der Waals surface area contributed by atoms with Crippen molar-refractivity contribution in [1.82, 2.24) is 9.97 Å². The van der Waals surface area contributed by atoms with Gasteiger partial charge in [0, 0.05) is 10.0 Å². The fourth-order valence-electron chi connectivity index (χ4n) is 2.98. The molecule has 0 aliphatic heterocycles. The van der Waals surface area contributed by atoms with Crippen LogP contribution in [0.25, 0.3) is 22.4 Å². The zero-order valence-corrected chi connectivity index (χ0v) is 18.4. The van der Waals surface area contributed by atoms with Gasteiger partial charge in [-0.25, -0.2) is 4.98 Å². The fraction of sp³-hybridized carbons (Fsp3) is 0.136. The molecule has 0 unspecified atom stereocenters. The molecule has 142 valence electrons. The molecule has 4 nitrogen and oxygen atoms in total. The largest absolute Gasteiger partial charge is 0.490 e. The molecule has 0 saturated carbocycles. The van der Waals surface area contributed by atoms with Crippen molar-refractivity contribution in [3.8, 4) is 22.9 Å². The van der Waals surface area contributed by atoms with Gasteiger partial charge in [-0.05, 0) is 64.8 Å². The summed E-state index contributed by atoms with van der Waals surface area (Å²) in [6.07, 6.45) is 0. The maximum Gasteiger partial charge on any atom is 0.175 e. The van der Waals surface area contributed by atoms with Crippen LogP contribution in [0.3, 0.4) is 0 Å². The Morgan fingerprint density at radius 3 is 2.61 bits per heavy atom. The van der Waals surface area contributed by atoms with Gasteiger partial charge in [0.1, 0.15) is 12.4 Å². The summed E-state index contributed by atoms with van der Waals surface area (Å²) in [7, 11) is 0. The first-order valence-corrected chi connectivity index (χ1v) is 10.5. The summed E-state index contributed by atoms with van der Waals surface area (Å²) in [5, 5.41) is 0. The van der Waals surface area contributed by atoms with Gasteiger partial charge in [-0.3, -0.25) is 0 Å². The molecule has 0 atom stereocenters. The van der Waals surface area contributed by atoms with Gasteiger partial charge in [0.05, 0.1) is 22.1 Å². The van der Waals surface area contributed by atoms with E-state index < -0.39 is 0 Å². The lowest BCUT2D eigenvalue weighted by atomic mass is 10.2. The number of hydrogen-bond acceptors (Lipinski definition) is 3. The van der Waals surface area contributed by atoms with Crippen LogP contribution in [-0.4, -0.2) is 16.6 Å². The molecule has 6 heteroatoms. The van der Waals surface area contributed by atoms with Crippen LogP contribution in [0.2, 0.25) is 0 Å². The van der Waals surface area contributed by atoms with E-state index in [-0.39, 0.29) is 0 Å². The van der Waals surface area contributed by atoms with E-state index in [1.54, 1.807) is 0 Å². The van der Waals surface area contributed by atoms with E-state index >= 15 is 0 Å². The van der Waals surface area contributed by atoms with Crippen LogP contribution in [0.5, 0.6) is 11.5 Å². The van der Waals surface area contributed by atoms with Crippen LogP contribution in [0.4, 0.5) is 0 Å². The van der Waals surface area contributed by atoms with E-state index in [0.717, 1.165) is 36.9 Å². The number of nitrogens with zero attached hydrogens (tertiary/aromatic N) is 1. The number of para-hydroxylation sites is 2. The zero-order valence-electron chi connectivity index (χ0n) is 15.2. The summed E-state index contributed by atoms with van der Waals surface area (Å²) in [6, 6.07) is 20.0. The maximum atomic E-state index is 6.09. The lowest BCUT2D eigenvalue weighted by molar-refractivity contribution is 0.268. The SMILES string of the molecule is CCOc1cc(-c2nc3ccccc3[nH]2)cc(Br)c1OCc1cccc(Br)c1. The number of halogens is 2. The summed E-state index contributed by atoms with van der Waals surface area (Å²) in [4.78, 5) is 8.04. The molecule has 3 aromatic carbocycles. The fourth-order valence-corrected chi connectivity index (χ4v) is 3.98. The second-order valence-corrected chi connectivity index (χ2v) is 8.01. The minimum Gasteiger partial charge on any atom is -0.490 e. The third-order valence-electron chi connectivity index (χ3n) is 4.24. The number of benzene rings is 3. The Labute approximate surface area is 180 Å². The predicted molar refractivity (Wildman–Crippen MR) is 119 cm³/mol. The smallest absolute Gasteiger partial charge is 0.175 e. The molecule has 0 spiro atoms.